The molecular weight excluding hydrogens is 599 g/mol. The number of carbonyl (C=O) groups is 1. The monoisotopic (exact) mass is 637 g/mol. The summed E-state index contributed by atoms with van der Waals surface area (Å²) in [5.74, 6) is 3.95. The minimum Gasteiger partial charge on any atom is -0.393 e. The molecule has 9 atom stereocenters. The van der Waals surface area contributed by atoms with Crippen LogP contribution in [0.1, 0.15) is 70.8 Å². The van der Waals surface area contributed by atoms with Crippen LogP contribution in [0.3, 0.4) is 0 Å². The van der Waals surface area contributed by atoms with E-state index in [1.54, 1.807) is 6.92 Å². The van der Waals surface area contributed by atoms with E-state index in [4.69, 9.17) is 4.74 Å². The Balaban J connectivity index is 0.00000231. The SMILES string of the molecule is CC(=O)C1CC2C(CCC3C2CC[C@@]2(C)C3CC[C@@H]2O)CC1OCc1ccccc1.[Ac]. The van der Waals surface area contributed by atoms with E-state index in [-0.39, 0.29) is 67.6 Å². The van der Waals surface area contributed by atoms with Crippen molar-refractivity contribution in [2.45, 2.75) is 84.0 Å². The summed E-state index contributed by atoms with van der Waals surface area (Å²) in [7, 11) is 0. The first kappa shape index (κ1) is 24.4. The van der Waals surface area contributed by atoms with Crippen LogP contribution in [0.2, 0.25) is 0 Å². The summed E-state index contributed by atoms with van der Waals surface area (Å²) in [5.41, 5.74) is 1.33. The van der Waals surface area contributed by atoms with Crippen molar-refractivity contribution in [1.29, 1.82) is 0 Å². The summed E-state index contributed by atoms with van der Waals surface area (Å²) in [5, 5.41) is 10.6. The Kier molecular flexibility index (Phi) is 7.75. The molecule has 7 unspecified atom stereocenters. The second-order valence-electron chi connectivity index (χ2n) is 11.1. The van der Waals surface area contributed by atoms with Crippen molar-refractivity contribution < 1.29 is 58.7 Å². The molecule has 4 fully saturated rings. The van der Waals surface area contributed by atoms with Crippen molar-refractivity contribution >= 4 is 5.78 Å². The Bertz CT molecular complexity index is 767. The summed E-state index contributed by atoms with van der Waals surface area (Å²) in [6.07, 6.45) is 9.24. The van der Waals surface area contributed by atoms with Crippen LogP contribution < -0.4 is 0 Å². The van der Waals surface area contributed by atoms with E-state index >= 15 is 0 Å². The smallest absolute Gasteiger partial charge is 0.135 e. The molecule has 0 spiro atoms. The number of ether oxygens (including phenoxy) is 1. The Morgan fingerprint density at radius 3 is 2.55 bits per heavy atom. The summed E-state index contributed by atoms with van der Waals surface area (Å²) in [4.78, 5) is 12.6. The number of aliphatic hydroxyl groups excluding tert-OH is 1. The number of carbonyl (C=O) groups excluding carboxylic acids is 1. The number of hydrogen-bond acceptors (Lipinski definition) is 3. The van der Waals surface area contributed by atoms with Gasteiger partial charge in [0.1, 0.15) is 5.78 Å². The maximum Gasteiger partial charge on any atom is 0.135 e. The van der Waals surface area contributed by atoms with Gasteiger partial charge in [0.15, 0.2) is 0 Å². The Morgan fingerprint density at radius 1 is 1.03 bits per heavy atom. The first-order valence-electron chi connectivity index (χ1n) is 12.3. The maximum absolute atomic E-state index is 12.6. The number of hydrogen-bond donors (Lipinski definition) is 1. The third-order valence-electron chi connectivity index (χ3n) is 9.81. The van der Waals surface area contributed by atoms with Gasteiger partial charge in [0, 0.05) is 50.0 Å². The number of aliphatic hydroxyl groups is 1. The number of benzene rings is 1. The summed E-state index contributed by atoms with van der Waals surface area (Å²) in [6.45, 7) is 4.73. The van der Waals surface area contributed by atoms with E-state index in [1.807, 2.05) is 6.07 Å². The zero-order valence-corrected chi connectivity index (χ0v) is 24.0. The topological polar surface area (TPSA) is 46.5 Å². The summed E-state index contributed by atoms with van der Waals surface area (Å²) >= 11 is 0. The van der Waals surface area contributed by atoms with Gasteiger partial charge in [-0.15, -0.1) is 0 Å². The third-order valence-corrected chi connectivity index (χ3v) is 9.81. The van der Waals surface area contributed by atoms with E-state index in [0.29, 0.717) is 30.1 Å². The van der Waals surface area contributed by atoms with Gasteiger partial charge in [0.2, 0.25) is 0 Å². The minimum atomic E-state index is -0.103. The second-order valence-corrected chi connectivity index (χ2v) is 11.1. The fourth-order valence-electron chi connectivity index (χ4n) is 8.16. The molecule has 3 nitrogen and oxygen atoms in total. The largest absolute Gasteiger partial charge is 0.393 e. The predicted octanol–water partition coefficient (Wildman–Crippen LogP) is 5.40. The number of Topliss-reactive ketones (excluding diaryl/α,β-unsaturated/α-hetero) is 1. The van der Waals surface area contributed by atoms with Crippen LogP contribution in [0.5, 0.6) is 0 Å². The molecule has 31 heavy (non-hydrogen) atoms. The third kappa shape index (κ3) is 4.50. The van der Waals surface area contributed by atoms with Gasteiger partial charge in [-0.2, -0.15) is 0 Å². The molecule has 0 amide bonds. The van der Waals surface area contributed by atoms with E-state index in [0.717, 1.165) is 31.1 Å². The molecule has 1 aromatic carbocycles. The number of rotatable bonds is 4. The first-order chi connectivity index (χ1) is 14.5. The van der Waals surface area contributed by atoms with Gasteiger partial charge in [0.25, 0.3) is 0 Å². The fraction of sp³-hybridized carbons (Fsp3) is 0.741. The first-order valence-corrected chi connectivity index (χ1v) is 12.3. The molecule has 5 rings (SSSR count). The Labute approximate surface area is 223 Å². The molecule has 4 saturated carbocycles. The van der Waals surface area contributed by atoms with Gasteiger partial charge in [-0.05, 0) is 98.9 Å². The van der Waals surface area contributed by atoms with Crippen molar-refractivity contribution in [3.8, 4) is 0 Å². The number of fused-ring (bicyclic) bond motifs is 5. The molecule has 0 aliphatic heterocycles. The van der Waals surface area contributed by atoms with Gasteiger partial charge < -0.3 is 9.84 Å². The Morgan fingerprint density at radius 2 is 1.81 bits per heavy atom. The van der Waals surface area contributed by atoms with Crippen molar-refractivity contribution in [2.75, 3.05) is 0 Å². The molecule has 0 heterocycles. The van der Waals surface area contributed by atoms with Crippen molar-refractivity contribution in [2.24, 2.45) is 40.9 Å². The summed E-state index contributed by atoms with van der Waals surface area (Å²) < 4.78 is 6.37. The molecule has 0 aromatic heterocycles. The second kappa shape index (κ2) is 9.85. The molecule has 1 N–H and O–H groups in total. The molecule has 1 aromatic rings. The van der Waals surface area contributed by atoms with Crippen LogP contribution in [0.15, 0.2) is 30.3 Å². The van der Waals surface area contributed by atoms with Crippen molar-refractivity contribution in [3.05, 3.63) is 35.9 Å². The van der Waals surface area contributed by atoms with Gasteiger partial charge in [0.05, 0.1) is 18.8 Å². The molecule has 4 aliphatic rings. The van der Waals surface area contributed by atoms with Gasteiger partial charge in [-0.25, -0.2) is 0 Å². The van der Waals surface area contributed by atoms with Crippen molar-refractivity contribution in [1.82, 2.24) is 0 Å². The quantitative estimate of drug-likeness (QED) is 0.481. The maximum atomic E-state index is 12.6. The zero-order chi connectivity index (χ0) is 20.9. The molecule has 0 bridgehead atoms. The molecule has 0 saturated heterocycles. The van der Waals surface area contributed by atoms with Crippen LogP contribution in [-0.4, -0.2) is 23.1 Å². The van der Waals surface area contributed by atoms with E-state index in [9.17, 15) is 9.90 Å². The molecule has 4 heteroatoms. The van der Waals surface area contributed by atoms with Crippen LogP contribution in [0.25, 0.3) is 0 Å². The summed E-state index contributed by atoms with van der Waals surface area (Å²) in [6, 6.07) is 10.3. The van der Waals surface area contributed by atoms with E-state index in [1.165, 1.54) is 37.7 Å². The van der Waals surface area contributed by atoms with Crippen LogP contribution in [-0.2, 0) is 16.1 Å². The van der Waals surface area contributed by atoms with Gasteiger partial charge in [-0.3, -0.25) is 4.79 Å². The van der Waals surface area contributed by atoms with Crippen molar-refractivity contribution in [3.63, 3.8) is 0 Å². The molecular formula is C27H38AcO3. The predicted molar refractivity (Wildman–Crippen MR) is 118 cm³/mol. The normalized spacial score (nSPS) is 43.8. The average Bonchev–Trinajstić information content (AvgIpc) is 3.06. The number of ketones is 1. The van der Waals surface area contributed by atoms with Gasteiger partial charge in [-0.1, -0.05) is 37.3 Å². The fourth-order valence-corrected chi connectivity index (χ4v) is 8.16. The van der Waals surface area contributed by atoms with Gasteiger partial charge >= 0.3 is 0 Å². The minimum absolute atomic E-state index is 0. The van der Waals surface area contributed by atoms with E-state index < -0.39 is 0 Å². The Hall–Kier alpha value is 0.252. The zero-order valence-electron chi connectivity index (χ0n) is 19.2. The van der Waals surface area contributed by atoms with Crippen LogP contribution >= 0.6 is 0 Å². The average molecular weight is 638 g/mol. The van der Waals surface area contributed by atoms with E-state index in [2.05, 4.69) is 31.2 Å². The molecule has 4 aliphatic carbocycles. The standard InChI is InChI=1S/C27H38O3.Ac/c1-17(28)22-15-23-19(14-25(22)30-16-18-6-4-3-5-7-18)8-9-21-20(23)12-13-27(2)24(21)10-11-26(27)29;/h3-7,19-26,29H,8-16H2,1-2H3;/t19?,20?,21?,22?,23?,24?,25?,26-,27-;/m0./s1. The molecule has 1 radical (unpaired) electrons. The molecule has 167 valence electrons. The van der Waals surface area contributed by atoms with Crippen LogP contribution in [0.4, 0.5) is 0 Å². The van der Waals surface area contributed by atoms with Crippen LogP contribution in [0, 0.1) is 85.0 Å².